The lowest BCUT2D eigenvalue weighted by molar-refractivity contribution is 0.0528. The Labute approximate surface area is 228 Å². The molecule has 1 aliphatic rings. The Morgan fingerprint density at radius 1 is 1.13 bits per heavy atom. The summed E-state index contributed by atoms with van der Waals surface area (Å²) >= 11 is 0. The van der Waals surface area contributed by atoms with Crippen LogP contribution in [0.2, 0.25) is 0 Å². The number of morpholine rings is 1. The van der Waals surface area contributed by atoms with Crippen LogP contribution >= 0.6 is 0 Å². The number of rotatable bonds is 7. The van der Waals surface area contributed by atoms with E-state index in [1.165, 1.54) is 0 Å². The minimum absolute atomic E-state index is 0.232. The first-order valence-electron chi connectivity index (χ1n) is 12.8. The summed E-state index contributed by atoms with van der Waals surface area (Å²) in [4.78, 5) is 44.9. The second kappa shape index (κ2) is 12.0. The van der Waals surface area contributed by atoms with E-state index in [1.807, 2.05) is 27.7 Å². The van der Waals surface area contributed by atoms with Crippen LogP contribution in [0.15, 0.2) is 42.7 Å². The van der Waals surface area contributed by atoms with Crippen LogP contribution in [-0.4, -0.2) is 65.3 Å². The summed E-state index contributed by atoms with van der Waals surface area (Å²) in [7, 11) is 0. The van der Waals surface area contributed by atoms with Crippen LogP contribution in [0.25, 0.3) is 16.2 Å². The second-order valence-electron chi connectivity index (χ2n) is 10.2. The molecular weight excluding hydrogens is 496 g/mol. The fraction of sp³-hybridized carbons (Fsp3) is 0.379. The number of aryl methyl sites for hydroxylation is 1. The molecule has 0 spiro atoms. The fourth-order valence-electron chi connectivity index (χ4n) is 4.12. The molecule has 1 amide bonds. The summed E-state index contributed by atoms with van der Waals surface area (Å²) < 4.78 is 10.7. The van der Waals surface area contributed by atoms with E-state index in [4.69, 9.17) is 16.0 Å². The SMILES string of the molecule is [C-]#[N+]c1ccc(-c2ncc(CCNC(=O)OC(C)(C)C)cn2)c(C(=O)c2cc(C)nc(N3CCOCC3)c2)c1. The average molecular weight is 529 g/mol. The van der Waals surface area contributed by atoms with E-state index in [1.54, 1.807) is 42.7 Å². The Morgan fingerprint density at radius 2 is 1.85 bits per heavy atom. The minimum Gasteiger partial charge on any atom is -0.444 e. The van der Waals surface area contributed by atoms with Crippen molar-refractivity contribution in [1.29, 1.82) is 0 Å². The van der Waals surface area contributed by atoms with E-state index in [0.29, 0.717) is 67.5 Å². The van der Waals surface area contributed by atoms with Gasteiger partial charge in [0.25, 0.3) is 0 Å². The lowest BCUT2D eigenvalue weighted by Crippen LogP contribution is -2.37. The van der Waals surface area contributed by atoms with Gasteiger partial charge in [-0.15, -0.1) is 0 Å². The smallest absolute Gasteiger partial charge is 0.407 e. The first-order chi connectivity index (χ1) is 18.6. The summed E-state index contributed by atoms with van der Waals surface area (Å²) in [5.41, 5.74) is 2.70. The molecule has 1 fully saturated rings. The third kappa shape index (κ3) is 7.36. The lowest BCUT2D eigenvalue weighted by atomic mass is 9.97. The van der Waals surface area contributed by atoms with E-state index in [0.717, 1.165) is 17.1 Å². The molecule has 1 N–H and O–H groups in total. The van der Waals surface area contributed by atoms with Crippen molar-refractivity contribution in [2.24, 2.45) is 0 Å². The molecule has 0 atom stereocenters. The summed E-state index contributed by atoms with van der Waals surface area (Å²) in [6.45, 7) is 17.7. The topological polar surface area (TPSA) is 111 Å². The van der Waals surface area contributed by atoms with Gasteiger partial charge >= 0.3 is 6.09 Å². The van der Waals surface area contributed by atoms with E-state index in [2.05, 4.69) is 30.0 Å². The number of pyridine rings is 1. The van der Waals surface area contributed by atoms with E-state index >= 15 is 0 Å². The molecule has 1 aliphatic heterocycles. The molecule has 0 aliphatic carbocycles. The van der Waals surface area contributed by atoms with Crippen molar-refractivity contribution in [3.63, 3.8) is 0 Å². The maximum Gasteiger partial charge on any atom is 0.407 e. The number of aromatic nitrogens is 3. The van der Waals surface area contributed by atoms with Crippen molar-refractivity contribution < 1.29 is 19.1 Å². The monoisotopic (exact) mass is 528 g/mol. The Kier molecular flexibility index (Phi) is 8.52. The lowest BCUT2D eigenvalue weighted by Gasteiger charge is -2.28. The number of carbonyl (C=O) groups is 2. The van der Waals surface area contributed by atoms with Gasteiger partial charge in [-0.3, -0.25) is 4.79 Å². The standard InChI is InChI=1S/C29H32N6O4/c1-19-14-21(15-25(34-19)35-10-12-38-13-11-35)26(36)24-16-22(30-5)6-7-23(24)27-32-17-20(18-33-27)8-9-31-28(37)39-29(2,3)4/h6-7,14-18H,8-13H2,1-4H3,(H,31,37). The minimum atomic E-state index is -0.564. The zero-order valence-electron chi connectivity index (χ0n) is 22.7. The summed E-state index contributed by atoms with van der Waals surface area (Å²) in [5.74, 6) is 0.868. The molecule has 4 rings (SSSR count). The second-order valence-corrected chi connectivity index (χ2v) is 10.2. The van der Waals surface area contributed by atoms with Gasteiger partial charge in [-0.2, -0.15) is 0 Å². The van der Waals surface area contributed by atoms with Crippen LogP contribution in [0.3, 0.4) is 0 Å². The number of nitrogens with zero attached hydrogens (tertiary/aromatic N) is 5. The van der Waals surface area contributed by atoms with Gasteiger partial charge in [0.2, 0.25) is 0 Å². The largest absolute Gasteiger partial charge is 0.444 e. The maximum atomic E-state index is 13.8. The van der Waals surface area contributed by atoms with Gasteiger partial charge in [0.05, 0.1) is 19.8 Å². The number of hydrogen-bond donors (Lipinski definition) is 1. The van der Waals surface area contributed by atoms with Crippen molar-refractivity contribution in [3.05, 3.63) is 76.5 Å². The number of nitrogens with one attached hydrogen (secondary N) is 1. The number of hydrogen-bond acceptors (Lipinski definition) is 8. The molecule has 2 aromatic heterocycles. The molecule has 0 saturated carbocycles. The van der Waals surface area contributed by atoms with Gasteiger partial charge in [0.15, 0.2) is 17.3 Å². The summed E-state index contributed by atoms with van der Waals surface area (Å²) in [5, 5.41) is 2.72. The van der Waals surface area contributed by atoms with Crippen LogP contribution < -0.4 is 10.2 Å². The van der Waals surface area contributed by atoms with Crippen LogP contribution in [-0.2, 0) is 15.9 Å². The Bertz CT molecular complexity index is 1390. The van der Waals surface area contributed by atoms with Gasteiger partial charge in [0.1, 0.15) is 11.4 Å². The highest BCUT2D eigenvalue weighted by molar-refractivity contribution is 6.13. The van der Waals surface area contributed by atoms with E-state index in [9.17, 15) is 9.59 Å². The van der Waals surface area contributed by atoms with Gasteiger partial charge in [-0.1, -0.05) is 12.1 Å². The van der Waals surface area contributed by atoms with Crippen molar-refractivity contribution in [2.45, 2.75) is 39.7 Å². The number of ether oxygens (including phenoxy) is 2. The summed E-state index contributed by atoms with van der Waals surface area (Å²) in [6, 6.07) is 8.48. The zero-order valence-corrected chi connectivity index (χ0v) is 22.7. The van der Waals surface area contributed by atoms with Gasteiger partial charge in [-0.05, 0) is 57.9 Å². The Balaban J connectivity index is 1.55. The molecule has 0 unspecified atom stereocenters. The van der Waals surface area contributed by atoms with Gasteiger partial charge in [-0.25, -0.2) is 24.6 Å². The molecule has 39 heavy (non-hydrogen) atoms. The van der Waals surface area contributed by atoms with Gasteiger partial charge < -0.3 is 19.7 Å². The molecule has 1 aromatic carbocycles. The number of anilines is 1. The number of carbonyl (C=O) groups excluding carboxylic acids is 2. The number of ketones is 1. The van der Waals surface area contributed by atoms with E-state index < -0.39 is 11.7 Å². The first-order valence-corrected chi connectivity index (χ1v) is 12.8. The van der Waals surface area contributed by atoms with Crippen molar-refractivity contribution in [1.82, 2.24) is 20.3 Å². The highest BCUT2D eigenvalue weighted by atomic mass is 16.6. The molecule has 202 valence electrons. The third-order valence-corrected chi connectivity index (χ3v) is 5.94. The average Bonchev–Trinajstić information content (AvgIpc) is 2.92. The van der Waals surface area contributed by atoms with Crippen LogP contribution in [0.1, 0.15) is 48.0 Å². The number of amides is 1. The quantitative estimate of drug-likeness (QED) is 0.352. The number of benzene rings is 1. The van der Waals surface area contributed by atoms with Gasteiger partial charge in [0, 0.05) is 54.4 Å². The molecule has 3 heterocycles. The first kappa shape index (κ1) is 27.7. The highest BCUT2D eigenvalue weighted by Gasteiger charge is 2.21. The normalized spacial score (nSPS) is 13.5. The van der Waals surface area contributed by atoms with Crippen LogP contribution in [0.5, 0.6) is 0 Å². The van der Waals surface area contributed by atoms with Crippen LogP contribution in [0, 0.1) is 13.5 Å². The van der Waals surface area contributed by atoms with Crippen molar-refractivity contribution >= 4 is 23.4 Å². The molecule has 10 nitrogen and oxygen atoms in total. The Morgan fingerprint density at radius 3 is 2.51 bits per heavy atom. The molecular formula is C29H32N6O4. The molecule has 3 aromatic rings. The highest BCUT2D eigenvalue weighted by Crippen LogP contribution is 2.29. The van der Waals surface area contributed by atoms with Crippen molar-refractivity contribution in [3.8, 4) is 11.4 Å². The fourth-order valence-corrected chi connectivity index (χ4v) is 4.12. The molecule has 0 bridgehead atoms. The maximum absolute atomic E-state index is 13.8. The predicted octanol–water partition coefficient (Wildman–Crippen LogP) is 4.53. The summed E-state index contributed by atoms with van der Waals surface area (Å²) in [6.07, 6.45) is 3.38. The third-order valence-electron chi connectivity index (χ3n) is 5.94. The van der Waals surface area contributed by atoms with E-state index in [-0.39, 0.29) is 5.78 Å². The molecule has 1 saturated heterocycles. The number of alkyl carbamates (subject to hydrolysis) is 1. The zero-order chi connectivity index (χ0) is 28.0. The van der Waals surface area contributed by atoms with Crippen LogP contribution in [0.4, 0.5) is 16.3 Å². The Hall–Kier alpha value is -4.36. The van der Waals surface area contributed by atoms with Crippen molar-refractivity contribution in [2.75, 3.05) is 37.7 Å². The predicted molar refractivity (Wildman–Crippen MR) is 147 cm³/mol. The molecule has 0 radical (unpaired) electrons. The molecule has 10 heteroatoms.